The molecule has 4 N–H and O–H groups in total. The van der Waals surface area contributed by atoms with E-state index in [2.05, 4.69) is 0 Å². The molecule has 80 valence electrons. The van der Waals surface area contributed by atoms with E-state index < -0.39 is 18.1 Å². The number of hydrogen-bond acceptors (Lipinski definition) is 4. The van der Waals surface area contributed by atoms with Crippen molar-refractivity contribution < 1.29 is 19.8 Å². The van der Waals surface area contributed by atoms with Crippen LogP contribution in [0.1, 0.15) is 12.8 Å². The van der Waals surface area contributed by atoms with E-state index in [9.17, 15) is 14.7 Å². The molecule has 0 unspecified atom stereocenters. The van der Waals surface area contributed by atoms with Gasteiger partial charge in [0.2, 0.25) is 5.91 Å². The van der Waals surface area contributed by atoms with Gasteiger partial charge in [-0.2, -0.15) is 0 Å². The number of rotatable bonds is 3. The Morgan fingerprint density at radius 2 is 2.14 bits per heavy atom. The number of nitrogens with two attached hydrogens (primary N) is 1. The van der Waals surface area contributed by atoms with Gasteiger partial charge in [0.05, 0.1) is 6.10 Å². The molecule has 1 fully saturated rings. The fraction of sp³-hybridized carbons (Fsp3) is 0.750. The maximum Gasteiger partial charge on any atom is 0.326 e. The summed E-state index contributed by atoms with van der Waals surface area (Å²) in [6.45, 7) is 0.285. The number of carboxylic acids is 1. The van der Waals surface area contributed by atoms with Crippen molar-refractivity contribution in [3.8, 4) is 0 Å². The number of nitrogens with zero attached hydrogens (tertiary/aromatic N) is 1. The Morgan fingerprint density at radius 3 is 2.64 bits per heavy atom. The molecule has 14 heavy (non-hydrogen) atoms. The van der Waals surface area contributed by atoms with Gasteiger partial charge < -0.3 is 20.8 Å². The van der Waals surface area contributed by atoms with Crippen molar-refractivity contribution in [3.05, 3.63) is 0 Å². The number of aliphatic hydroxyl groups excluding tert-OH is 1. The Labute approximate surface area is 81.3 Å². The second kappa shape index (κ2) is 4.39. The number of amides is 1. The van der Waals surface area contributed by atoms with Gasteiger partial charge in [0, 0.05) is 25.9 Å². The molecular formula is C8H14N2O4. The van der Waals surface area contributed by atoms with Gasteiger partial charge in [-0.3, -0.25) is 4.79 Å². The fourth-order valence-electron chi connectivity index (χ4n) is 1.59. The first-order valence-electron chi connectivity index (χ1n) is 4.46. The van der Waals surface area contributed by atoms with Crippen molar-refractivity contribution in [2.24, 2.45) is 5.73 Å². The third-order valence-electron chi connectivity index (χ3n) is 2.24. The van der Waals surface area contributed by atoms with E-state index in [1.165, 1.54) is 4.90 Å². The number of hydrogen-bond donors (Lipinski definition) is 3. The Morgan fingerprint density at radius 1 is 1.50 bits per heavy atom. The van der Waals surface area contributed by atoms with Crippen molar-refractivity contribution in [2.75, 3.05) is 13.1 Å². The minimum absolute atomic E-state index is 0.0931. The van der Waals surface area contributed by atoms with E-state index in [0.29, 0.717) is 0 Å². The number of aliphatic carboxylic acids is 1. The molecule has 6 nitrogen and oxygen atoms in total. The zero-order valence-corrected chi connectivity index (χ0v) is 7.72. The molecule has 0 aromatic carbocycles. The summed E-state index contributed by atoms with van der Waals surface area (Å²) in [7, 11) is 0. The first-order chi connectivity index (χ1) is 6.56. The Bertz CT molecular complexity index is 243. The van der Waals surface area contributed by atoms with Crippen LogP contribution in [0.3, 0.4) is 0 Å². The molecule has 1 heterocycles. The molecule has 1 aliphatic rings. The molecule has 1 rings (SSSR count). The van der Waals surface area contributed by atoms with E-state index in [1.807, 2.05) is 0 Å². The maximum absolute atomic E-state index is 11.4. The standard InChI is InChI=1S/C8H14N2O4/c9-2-1-7(12)10-4-5(11)3-6(10)8(13)14/h5-6,11H,1-4,9H2,(H,13,14)/t5-,6-/m1/s1. The van der Waals surface area contributed by atoms with Crippen LogP contribution in [0.5, 0.6) is 0 Å². The van der Waals surface area contributed by atoms with Crippen molar-refractivity contribution in [1.29, 1.82) is 0 Å². The quantitative estimate of drug-likeness (QED) is 0.510. The molecule has 0 aromatic rings. The number of β-amino-alcohol motifs (C(OH)–C–C–N with tert-alkyl or cyclic N) is 1. The number of carbonyl (C=O) groups excluding carboxylic acids is 1. The second-order valence-electron chi connectivity index (χ2n) is 3.33. The van der Waals surface area contributed by atoms with E-state index in [-0.39, 0.29) is 31.8 Å². The number of likely N-dealkylation sites (tertiary alicyclic amines) is 1. The third-order valence-corrected chi connectivity index (χ3v) is 2.24. The lowest BCUT2D eigenvalue weighted by Crippen LogP contribution is -2.41. The monoisotopic (exact) mass is 202 g/mol. The zero-order valence-electron chi connectivity index (χ0n) is 7.72. The summed E-state index contributed by atoms with van der Waals surface area (Å²) in [5, 5.41) is 18.0. The van der Waals surface area contributed by atoms with Gasteiger partial charge in [-0.15, -0.1) is 0 Å². The van der Waals surface area contributed by atoms with Gasteiger partial charge in [-0.05, 0) is 0 Å². The molecule has 0 spiro atoms. The van der Waals surface area contributed by atoms with Gasteiger partial charge in [-0.25, -0.2) is 4.79 Å². The summed E-state index contributed by atoms with van der Waals surface area (Å²) in [6.07, 6.45) is -0.514. The van der Waals surface area contributed by atoms with E-state index in [1.54, 1.807) is 0 Å². The lowest BCUT2D eigenvalue weighted by Gasteiger charge is -2.20. The minimum Gasteiger partial charge on any atom is -0.480 e. The fourth-order valence-corrected chi connectivity index (χ4v) is 1.59. The smallest absolute Gasteiger partial charge is 0.326 e. The van der Waals surface area contributed by atoms with Crippen molar-refractivity contribution in [1.82, 2.24) is 4.90 Å². The highest BCUT2D eigenvalue weighted by Gasteiger charge is 2.38. The molecule has 1 saturated heterocycles. The minimum atomic E-state index is -1.08. The predicted molar refractivity (Wildman–Crippen MR) is 47.4 cm³/mol. The second-order valence-corrected chi connectivity index (χ2v) is 3.33. The first kappa shape index (κ1) is 10.9. The Hall–Kier alpha value is -1.14. The Kier molecular flexibility index (Phi) is 3.43. The number of aliphatic hydroxyl groups is 1. The van der Waals surface area contributed by atoms with Crippen LogP contribution in [0.25, 0.3) is 0 Å². The molecule has 0 aromatic heterocycles. The number of carbonyl (C=O) groups is 2. The largest absolute Gasteiger partial charge is 0.480 e. The third kappa shape index (κ3) is 2.21. The average Bonchev–Trinajstić information content (AvgIpc) is 2.48. The maximum atomic E-state index is 11.4. The van der Waals surface area contributed by atoms with Crippen LogP contribution in [-0.2, 0) is 9.59 Å². The van der Waals surface area contributed by atoms with Crippen molar-refractivity contribution in [3.63, 3.8) is 0 Å². The van der Waals surface area contributed by atoms with Gasteiger partial charge in [0.25, 0.3) is 0 Å². The van der Waals surface area contributed by atoms with Crippen molar-refractivity contribution >= 4 is 11.9 Å². The van der Waals surface area contributed by atoms with Crippen LogP contribution < -0.4 is 5.73 Å². The summed E-state index contributed by atoms with van der Waals surface area (Å²) < 4.78 is 0. The lowest BCUT2D eigenvalue weighted by atomic mass is 10.2. The van der Waals surface area contributed by atoms with E-state index >= 15 is 0 Å². The Balaban J connectivity index is 2.66. The normalized spacial score (nSPS) is 26.6. The van der Waals surface area contributed by atoms with E-state index in [4.69, 9.17) is 10.8 Å². The molecule has 1 amide bonds. The first-order valence-corrected chi connectivity index (χ1v) is 4.46. The van der Waals surface area contributed by atoms with Gasteiger partial charge in [-0.1, -0.05) is 0 Å². The van der Waals surface area contributed by atoms with E-state index in [0.717, 1.165) is 0 Å². The number of carboxylic acid groups (broad SMARTS) is 1. The van der Waals surface area contributed by atoms with Gasteiger partial charge in [0.15, 0.2) is 0 Å². The highest BCUT2D eigenvalue weighted by molar-refractivity contribution is 5.84. The van der Waals surface area contributed by atoms with Crippen LogP contribution in [0.4, 0.5) is 0 Å². The highest BCUT2D eigenvalue weighted by Crippen LogP contribution is 2.18. The summed E-state index contributed by atoms with van der Waals surface area (Å²) in [5.74, 6) is -1.39. The lowest BCUT2D eigenvalue weighted by molar-refractivity contribution is -0.148. The van der Waals surface area contributed by atoms with Crippen LogP contribution >= 0.6 is 0 Å². The zero-order chi connectivity index (χ0) is 10.7. The highest BCUT2D eigenvalue weighted by atomic mass is 16.4. The molecule has 0 radical (unpaired) electrons. The molecule has 0 aliphatic carbocycles. The van der Waals surface area contributed by atoms with Crippen LogP contribution in [-0.4, -0.2) is 52.2 Å². The molecule has 0 bridgehead atoms. The van der Waals surface area contributed by atoms with Gasteiger partial charge in [0.1, 0.15) is 6.04 Å². The average molecular weight is 202 g/mol. The molecule has 2 atom stereocenters. The topological polar surface area (TPSA) is 104 Å². The van der Waals surface area contributed by atoms with Crippen molar-refractivity contribution in [2.45, 2.75) is 25.0 Å². The SMILES string of the molecule is NCCC(=O)N1C[C@H](O)C[C@@H]1C(=O)O. The molecule has 6 heteroatoms. The van der Waals surface area contributed by atoms with Crippen LogP contribution in [0, 0.1) is 0 Å². The summed E-state index contributed by atoms with van der Waals surface area (Å²) >= 11 is 0. The summed E-state index contributed by atoms with van der Waals surface area (Å²) in [6, 6.07) is -0.899. The van der Waals surface area contributed by atoms with Crippen LogP contribution in [0.15, 0.2) is 0 Å². The predicted octanol–water partition coefficient (Wildman–Crippen LogP) is -1.62. The summed E-state index contributed by atoms with van der Waals surface area (Å²) in [5.41, 5.74) is 5.20. The van der Waals surface area contributed by atoms with Crippen LogP contribution in [0.2, 0.25) is 0 Å². The molecule has 1 aliphatic heterocycles. The summed E-state index contributed by atoms with van der Waals surface area (Å²) in [4.78, 5) is 23.3. The van der Waals surface area contributed by atoms with Gasteiger partial charge >= 0.3 is 5.97 Å². The molecular weight excluding hydrogens is 188 g/mol. The molecule has 0 saturated carbocycles.